The van der Waals surface area contributed by atoms with Crippen molar-refractivity contribution in [2.75, 3.05) is 11.1 Å². The number of aryl methyl sites for hydroxylation is 1. The van der Waals surface area contributed by atoms with Gasteiger partial charge in [0, 0.05) is 11.7 Å². The van der Waals surface area contributed by atoms with Crippen LogP contribution in [0.25, 0.3) is 0 Å². The molecule has 4 nitrogen and oxygen atoms in total. The van der Waals surface area contributed by atoms with E-state index in [2.05, 4.69) is 39.8 Å². The molecule has 1 heterocycles. The highest BCUT2D eigenvalue weighted by Crippen LogP contribution is 2.27. The highest BCUT2D eigenvalue weighted by atomic mass is 32.2. The van der Waals surface area contributed by atoms with Crippen LogP contribution in [0.3, 0.4) is 0 Å². The average Bonchev–Trinajstić information content (AvgIpc) is 3.01. The van der Waals surface area contributed by atoms with E-state index in [9.17, 15) is 4.79 Å². The first-order valence-corrected chi connectivity index (χ1v) is 9.84. The lowest BCUT2D eigenvalue weighted by Crippen LogP contribution is -2.21. The number of hydrogen-bond donors (Lipinski definition) is 1. The summed E-state index contributed by atoms with van der Waals surface area (Å²) in [6.07, 6.45) is 3.87. The minimum Gasteiger partial charge on any atom is -0.300 e. The maximum atomic E-state index is 12.0. The molecule has 0 atom stereocenters. The molecule has 0 fully saturated rings. The Morgan fingerprint density at radius 1 is 1.22 bits per heavy atom. The molecule has 1 amide bonds. The zero-order valence-electron chi connectivity index (χ0n) is 13.6. The number of hydrogen-bond acceptors (Lipinski definition) is 5. The molecule has 0 spiro atoms. The van der Waals surface area contributed by atoms with Gasteiger partial charge in [0.25, 0.3) is 0 Å². The molecule has 0 saturated heterocycles. The van der Waals surface area contributed by atoms with Crippen LogP contribution in [0.4, 0.5) is 5.13 Å². The number of benzene rings is 1. The van der Waals surface area contributed by atoms with Crippen molar-refractivity contribution in [1.29, 1.82) is 0 Å². The van der Waals surface area contributed by atoms with Gasteiger partial charge in [-0.05, 0) is 31.2 Å². The number of carbonyl (C=O) groups excluding carboxylic acids is 1. The van der Waals surface area contributed by atoms with Crippen molar-refractivity contribution in [3.05, 3.63) is 35.9 Å². The number of anilines is 1. The van der Waals surface area contributed by atoms with E-state index < -0.39 is 0 Å². The highest BCUT2D eigenvalue weighted by molar-refractivity contribution is 8.01. The first-order valence-electron chi connectivity index (χ1n) is 8.04. The lowest BCUT2D eigenvalue weighted by Gasteiger charge is -2.09. The van der Waals surface area contributed by atoms with Gasteiger partial charge in [-0.25, -0.2) is 0 Å². The maximum Gasteiger partial charge on any atom is 0.229 e. The topological polar surface area (TPSA) is 54.9 Å². The SMILES string of the molecule is CCC(CC)C(=O)Nc1nnc(SCCCc2ccccc2)s1. The van der Waals surface area contributed by atoms with E-state index in [1.54, 1.807) is 11.8 Å². The van der Waals surface area contributed by atoms with Crippen LogP contribution in [0.15, 0.2) is 34.7 Å². The van der Waals surface area contributed by atoms with E-state index in [0.717, 1.165) is 35.8 Å². The van der Waals surface area contributed by atoms with E-state index >= 15 is 0 Å². The van der Waals surface area contributed by atoms with Gasteiger partial charge in [-0.1, -0.05) is 67.3 Å². The van der Waals surface area contributed by atoms with Crippen LogP contribution >= 0.6 is 23.1 Å². The largest absolute Gasteiger partial charge is 0.300 e. The van der Waals surface area contributed by atoms with Gasteiger partial charge in [-0.3, -0.25) is 4.79 Å². The van der Waals surface area contributed by atoms with E-state index in [-0.39, 0.29) is 11.8 Å². The molecule has 0 radical (unpaired) electrons. The molecule has 2 rings (SSSR count). The third-order valence-electron chi connectivity index (χ3n) is 3.67. The molecule has 1 aromatic heterocycles. The number of carbonyl (C=O) groups is 1. The number of rotatable bonds is 9. The molecular formula is C17H23N3OS2. The van der Waals surface area contributed by atoms with E-state index in [1.165, 1.54) is 16.9 Å². The van der Waals surface area contributed by atoms with Crippen molar-refractivity contribution in [2.24, 2.45) is 5.92 Å². The van der Waals surface area contributed by atoms with Crippen molar-refractivity contribution >= 4 is 34.1 Å². The van der Waals surface area contributed by atoms with Crippen LogP contribution < -0.4 is 5.32 Å². The van der Waals surface area contributed by atoms with Gasteiger partial charge in [0.15, 0.2) is 4.34 Å². The Morgan fingerprint density at radius 3 is 2.65 bits per heavy atom. The van der Waals surface area contributed by atoms with Gasteiger partial charge in [-0.2, -0.15) is 0 Å². The Balaban J connectivity index is 1.73. The third kappa shape index (κ3) is 5.95. The first kappa shape index (κ1) is 17.9. The van der Waals surface area contributed by atoms with Gasteiger partial charge in [0.05, 0.1) is 0 Å². The van der Waals surface area contributed by atoms with Crippen LogP contribution in [0, 0.1) is 5.92 Å². The minimum absolute atomic E-state index is 0.0479. The number of thioether (sulfide) groups is 1. The summed E-state index contributed by atoms with van der Waals surface area (Å²) in [5.41, 5.74) is 1.36. The van der Waals surface area contributed by atoms with Crippen molar-refractivity contribution in [3.63, 3.8) is 0 Å². The Morgan fingerprint density at radius 2 is 1.96 bits per heavy atom. The molecule has 0 aliphatic rings. The summed E-state index contributed by atoms with van der Waals surface area (Å²) in [5.74, 6) is 1.11. The van der Waals surface area contributed by atoms with Gasteiger partial charge < -0.3 is 5.32 Å². The second kappa shape index (κ2) is 9.67. The molecule has 0 bridgehead atoms. The summed E-state index contributed by atoms with van der Waals surface area (Å²) in [7, 11) is 0. The molecular weight excluding hydrogens is 326 g/mol. The third-order valence-corrected chi connectivity index (χ3v) is 5.73. The fourth-order valence-corrected chi connectivity index (χ4v) is 4.03. The molecule has 1 N–H and O–H groups in total. The van der Waals surface area contributed by atoms with Gasteiger partial charge >= 0.3 is 0 Å². The first-order chi connectivity index (χ1) is 11.2. The standard InChI is InChI=1S/C17H23N3OS2/c1-3-14(4-2)15(21)18-16-19-20-17(23-16)22-12-8-11-13-9-6-5-7-10-13/h5-7,9-10,14H,3-4,8,11-12H2,1-2H3,(H,18,19,21). The molecule has 124 valence electrons. The fraction of sp³-hybridized carbons (Fsp3) is 0.471. The van der Waals surface area contributed by atoms with Crippen LogP contribution in [0.2, 0.25) is 0 Å². The minimum atomic E-state index is 0.0479. The summed E-state index contributed by atoms with van der Waals surface area (Å²) in [4.78, 5) is 12.0. The number of aromatic nitrogens is 2. The van der Waals surface area contributed by atoms with Gasteiger partial charge in [-0.15, -0.1) is 10.2 Å². The summed E-state index contributed by atoms with van der Waals surface area (Å²) in [6, 6.07) is 10.5. The second-order valence-electron chi connectivity index (χ2n) is 5.31. The van der Waals surface area contributed by atoms with Crippen LogP contribution in [0.5, 0.6) is 0 Å². The Labute approximate surface area is 146 Å². The quantitative estimate of drug-likeness (QED) is 0.407. The lowest BCUT2D eigenvalue weighted by atomic mass is 10.0. The van der Waals surface area contributed by atoms with Crippen LogP contribution in [-0.2, 0) is 11.2 Å². The Bertz CT molecular complexity index is 597. The predicted octanol–water partition coefficient (Wildman–Crippen LogP) is 4.64. The predicted molar refractivity (Wildman–Crippen MR) is 98.1 cm³/mol. The molecule has 0 aliphatic carbocycles. The van der Waals surface area contributed by atoms with Crippen LogP contribution in [-0.4, -0.2) is 21.9 Å². The lowest BCUT2D eigenvalue weighted by molar-refractivity contribution is -0.120. The zero-order chi connectivity index (χ0) is 16.5. The van der Waals surface area contributed by atoms with E-state index in [1.807, 2.05) is 19.9 Å². The van der Waals surface area contributed by atoms with Crippen molar-refractivity contribution in [2.45, 2.75) is 43.9 Å². The molecule has 0 unspecified atom stereocenters. The smallest absolute Gasteiger partial charge is 0.229 e. The second-order valence-corrected chi connectivity index (χ2v) is 7.63. The zero-order valence-corrected chi connectivity index (χ0v) is 15.3. The van der Waals surface area contributed by atoms with Crippen molar-refractivity contribution < 1.29 is 4.79 Å². The summed E-state index contributed by atoms with van der Waals surface area (Å²) in [5, 5.41) is 11.7. The molecule has 1 aromatic carbocycles. The Kier molecular flexibility index (Phi) is 7.55. The number of amides is 1. The monoisotopic (exact) mass is 349 g/mol. The van der Waals surface area contributed by atoms with Crippen molar-refractivity contribution in [1.82, 2.24) is 10.2 Å². The molecule has 23 heavy (non-hydrogen) atoms. The molecule has 6 heteroatoms. The van der Waals surface area contributed by atoms with Gasteiger partial charge in [0.1, 0.15) is 0 Å². The van der Waals surface area contributed by atoms with E-state index in [0.29, 0.717) is 5.13 Å². The number of nitrogens with zero attached hydrogens (tertiary/aromatic N) is 2. The maximum absolute atomic E-state index is 12.0. The average molecular weight is 350 g/mol. The van der Waals surface area contributed by atoms with E-state index in [4.69, 9.17) is 0 Å². The molecule has 2 aromatic rings. The number of nitrogens with one attached hydrogen (secondary N) is 1. The normalized spacial score (nSPS) is 10.9. The van der Waals surface area contributed by atoms with Crippen LogP contribution in [0.1, 0.15) is 38.7 Å². The molecule has 0 saturated carbocycles. The summed E-state index contributed by atoms with van der Waals surface area (Å²) in [6.45, 7) is 4.06. The summed E-state index contributed by atoms with van der Waals surface area (Å²) >= 11 is 3.16. The molecule has 0 aliphatic heterocycles. The van der Waals surface area contributed by atoms with Gasteiger partial charge in [0.2, 0.25) is 11.0 Å². The fourth-order valence-electron chi connectivity index (χ4n) is 2.27. The summed E-state index contributed by atoms with van der Waals surface area (Å²) < 4.78 is 0.915. The highest BCUT2D eigenvalue weighted by Gasteiger charge is 2.16. The Hall–Kier alpha value is -1.40. The van der Waals surface area contributed by atoms with Crippen molar-refractivity contribution in [3.8, 4) is 0 Å².